The van der Waals surface area contributed by atoms with Crippen LogP contribution >= 0.6 is 22.6 Å². The molecule has 44 valence electrons. The van der Waals surface area contributed by atoms with Gasteiger partial charge < -0.3 is 0 Å². The maximum atomic E-state index is 10.4. The monoisotopic (exact) mass is 222 g/mol. The summed E-state index contributed by atoms with van der Waals surface area (Å²) in [6.07, 6.45) is 2.86. The van der Waals surface area contributed by atoms with E-state index in [1.54, 1.807) is 13.0 Å². The van der Waals surface area contributed by atoms with E-state index in [2.05, 4.69) is 22.6 Å². The lowest BCUT2D eigenvalue weighted by Gasteiger charge is -1.72. The fraction of sp³-hybridized carbons (Fsp3) is 0.500. The minimum Gasteiger partial charge on any atom is -0.295 e. The zero-order valence-corrected chi connectivity index (χ0v) is 6.81. The Morgan fingerprint density at radius 2 is 2.50 bits per heavy atom. The van der Waals surface area contributed by atoms with Crippen LogP contribution in [0.4, 0.5) is 0 Å². The largest absolute Gasteiger partial charge is 0.295 e. The SMILES string of the molecule is CC(=O)C=C1CC1I. The molecule has 8 heavy (non-hydrogen) atoms. The predicted octanol–water partition coefficient (Wildman–Crippen LogP) is 1.71. The van der Waals surface area contributed by atoms with Crippen LogP contribution in [0.15, 0.2) is 11.6 Å². The van der Waals surface area contributed by atoms with Crippen molar-refractivity contribution in [3.63, 3.8) is 0 Å². The molecule has 1 saturated carbocycles. The number of carbonyl (C=O) groups is 1. The average molecular weight is 222 g/mol. The molecule has 0 amide bonds. The van der Waals surface area contributed by atoms with E-state index in [4.69, 9.17) is 0 Å². The maximum absolute atomic E-state index is 10.4. The lowest BCUT2D eigenvalue weighted by molar-refractivity contribution is -0.112. The summed E-state index contributed by atoms with van der Waals surface area (Å²) in [5.41, 5.74) is 1.30. The van der Waals surface area contributed by atoms with Crippen molar-refractivity contribution in [1.82, 2.24) is 0 Å². The third kappa shape index (κ3) is 1.58. The summed E-state index contributed by atoms with van der Waals surface area (Å²) in [7, 11) is 0. The van der Waals surface area contributed by atoms with Gasteiger partial charge in [-0.15, -0.1) is 0 Å². The molecule has 1 atom stereocenters. The van der Waals surface area contributed by atoms with Gasteiger partial charge in [0.15, 0.2) is 5.78 Å². The fourth-order valence-corrected chi connectivity index (χ4v) is 1.25. The minimum atomic E-state index is 0.180. The molecule has 0 aromatic heterocycles. The second-order valence-electron chi connectivity index (χ2n) is 2.00. The highest BCUT2D eigenvalue weighted by Gasteiger charge is 2.25. The second kappa shape index (κ2) is 2.17. The summed E-state index contributed by atoms with van der Waals surface area (Å²) in [5.74, 6) is 0.180. The highest BCUT2D eigenvalue weighted by Crippen LogP contribution is 2.36. The number of alkyl halides is 1. The van der Waals surface area contributed by atoms with Crippen LogP contribution in [-0.4, -0.2) is 9.71 Å². The third-order valence-corrected chi connectivity index (χ3v) is 2.29. The van der Waals surface area contributed by atoms with E-state index in [1.165, 1.54) is 5.57 Å². The Balaban J connectivity index is 2.47. The van der Waals surface area contributed by atoms with Crippen molar-refractivity contribution in [2.45, 2.75) is 17.3 Å². The van der Waals surface area contributed by atoms with Gasteiger partial charge in [0.05, 0.1) is 0 Å². The van der Waals surface area contributed by atoms with Gasteiger partial charge >= 0.3 is 0 Å². The Bertz CT molecular complexity index is 149. The number of rotatable bonds is 1. The molecule has 0 heterocycles. The molecule has 0 aliphatic heterocycles. The molecule has 1 rings (SSSR count). The summed E-state index contributed by atoms with van der Waals surface area (Å²) in [5, 5.41) is 0. The molecule has 2 heteroatoms. The minimum absolute atomic E-state index is 0.180. The van der Waals surface area contributed by atoms with E-state index in [1.807, 2.05) is 0 Å². The van der Waals surface area contributed by atoms with Gasteiger partial charge in [-0.3, -0.25) is 4.79 Å². The number of hydrogen-bond acceptors (Lipinski definition) is 1. The van der Waals surface area contributed by atoms with Crippen LogP contribution in [0.25, 0.3) is 0 Å². The van der Waals surface area contributed by atoms with Crippen molar-refractivity contribution in [3.8, 4) is 0 Å². The van der Waals surface area contributed by atoms with Crippen LogP contribution in [0.1, 0.15) is 13.3 Å². The number of allylic oxidation sites excluding steroid dienone is 2. The summed E-state index contributed by atoms with van der Waals surface area (Å²) in [4.78, 5) is 10.4. The van der Waals surface area contributed by atoms with Crippen LogP contribution in [0.5, 0.6) is 0 Å². The number of hydrogen-bond donors (Lipinski definition) is 0. The van der Waals surface area contributed by atoms with E-state index in [0.717, 1.165) is 6.42 Å². The topological polar surface area (TPSA) is 17.1 Å². The highest BCUT2D eigenvalue weighted by atomic mass is 127. The van der Waals surface area contributed by atoms with Gasteiger partial charge in [0.2, 0.25) is 0 Å². The molecule has 1 nitrogen and oxygen atoms in total. The molecule has 1 aliphatic rings. The highest BCUT2D eigenvalue weighted by molar-refractivity contribution is 14.1. The summed E-state index contributed by atoms with van der Waals surface area (Å²) in [6, 6.07) is 0. The van der Waals surface area contributed by atoms with Crippen LogP contribution in [-0.2, 0) is 4.79 Å². The van der Waals surface area contributed by atoms with Gasteiger partial charge in [-0.2, -0.15) is 0 Å². The predicted molar refractivity (Wildman–Crippen MR) is 41.2 cm³/mol. The number of carbonyl (C=O) groups excluding carboxylic acids is 1. The van der Waals surface area contributed by atoms with Gasteiger partial charge in [0.1, 0.15) is 0 Å². The van der Waals surface area contributed by atoms with E-state index in [9.17, 15) is 4.79 Å². The lowest BCUT2D eigenvalue weighted by atomic mass is 10.4. The lowest BCUT2D eigenvalue weighted by Crippen LogP contribution is -1.78. The Morgan fingerprint density at radius 3 is 2.62 bits per heavy atom. The Hall–Kier alpha value is 0.140. The van der Waals surface area contributed by atoms with Crippen LogP contribution in [0.2, 0.25) is 0 Å². The summed E-state index contributed by atoms with van der Waals surface area (Å²) < 4.78 is 0.663. The first-order valence-electron chi connectivity index (χ1n) is 2.55. The Morgan fingerprint density at radius 1 is 2.00 bits per heavy atom. The first-order chi connectivity index (χ1) is 3.70. The molecular weight excluding hydrogens is 215 g/mol. The van der Waals surface area contributed by atoms with Gasteiger partial charge in [0, 0.05) is 3.92 Å². The van der Waals surface area contributed by atoms with Crippen molar-refractivity contribution in [2.75, 3.05) is 0 Å². The van der Waals surface area contributed by atoms with Gasteiger partial charge in [0.25, 0.3) is 0 Å². The Kier molecular flexibility index (Phi) is 1.70. The standard InChI is InChI=1S/C6H7IO/c1-4(8)2-5-3-6(5)7/h2,6H,3H2,1H3. The second-order valence-corrected chi connectivity index (χ2v) is 3.51. The normalized spacial score (nSPS) is 30.8. The van der Waals surface area contributed by atoms with Crippen molar-refractivity contribution >= 4 is 28.4 Å². The first kappa shape index (κ1) is 6.26. The third-order valence-electron chi connectivity index (χ3n) is 1.05. The smallest absolute Gasteiger partial charge is 0.152 e. The van der Waals surface area contributed by atoms with E-state index in [-0.39, 0.29) is 5.78 Å². The summed E-state index contributed by atoms with van der Waals surface area (Å²) in [6.45, 7) is 1.59. The molecule has 0 aromatic carbocycles. The molecule has 0 bridgehead atoms. The van der Waals surface area contributed by atoms with Crippen molar-refractivity contribution in [2.24, 2.45) is 0 Å². The van der Waals surface area contributed by atoms with E-state index >= 15 is 0 Å². The number of ketones is 1. The summed E-state index contributed by atoms with van der Waals surface area (Å²) >= 11 is 2.33. The molecule has 1 aliphatic carbocycles. The zero-order chi connectivity index (χ0) is 6.15. The van der Waals surface area contributed by atoms with Gasteiger partial charge in [-0.1, -0.05) is 28.2 Å². The molecule has 0 radical (unpaired) electrons. The van der Waals surface area contributed by atoms with Crippen LogP contribution in [0, 0.1) is 0 Å². The van der Waals surface area contributed by atoms with Crippen LogP contribution in [0.3, 0.4) is 0 Å². The van der Waals surface area contributed by atoms with E-state index < -0.39 is 0 Å². The van der Waals surface area contributed by atoms with Crippen molar-refractivity contribution in [1.29, 1.82) is 0 Å². The zero-order valence-electron chi connectivity index (χ0n) is 4.65. The molecular formula is C6H7IO. The molecule has 0 spiro atoms. The van der Waals surface area contributed by atoms with Crippen LogP contribution < -0.4 is 0 Å². The van der Waals surface area contributed by atoms with E-state index in [0.29, 0.717) is 3.92 Å². The molecule has 1 fully saturated rings. The maximum Gasteiger partial charge on any atom is 0.152 e. The number of halogens is 1. The molecule has 0 aromatic rings. The van der Waals surface area contributed by atoms with Crippen molar-refractivity contribution in [3.05, 3.63) is 11.6 Å². The van der Waals surface area contributed by atoms with Crippen molar-refractivity contribution < 1.29 is 4.79 Å². The van der Waals surface area contributed by atoms with Gasteiger partial charge in [-0.05, 0) is 19.4 Å². The molecule has 0 N–H and O–H groups in total. The first-order valence-corrected chi connectivity index (χ1v) is 3.80. The van der Waals surface area contributed by atoms with Gasteiger partial charge in [-0.25, -0.2) is 0 Å². The Labute approximate surface area is 62.3 Å². The molecule has 0 saturated heterocycles. The fourth-order valence-electron chi connectivity index (χ4n) is 0.558. The molecule has 1 unspecified atom stereocenters. The average Bonchev–Trinajstić information content (AvgIpc) is 2.17. The quantitative estimate of drug-likeness (QED) is 0.375.